The highest BCUT2D eigenvalue weighted by Crippen LogP contribution is 2.38. The lowest BCUT2D eigenvalue weighted by molar-refractivity contribution is -0.133. The number of rotatable bonds is 7. The van der Waals surface area contributed by atoms with E-state index in [1.807, 2.05) is 62.8 Å². The van der Waals surface area contributed by atoms with Crippen LogP contribution in [0.2, 0.25) is 0 Å². The summed E-state index contributed by atoms with van der Waals surface area (Å²) in [5, 5.41) is 1.21. The molecule has 0 N–H and O–H groups in total. The number of para-hydroxylation sites is 1. The number of nitrogens with zero attached hydrogens (tertiary/aromatic N) is 4. The molecule has 0 aliphatic carbocycles. The van der Waals surface area contributed by atoms with Crippen LogP contribution in [0.15, 0.2) is 97.2 Å². The third kappa shape index (κ3) is 4.59. The maximum atomic E-state index is 13.9. The minimum Gasteiger partial charge on any atom is -0.368 e. The third-order valence-electron chi connectivity index (χ3n) is 7.45. The summed E-state index contributed by atoms with van der Waals surface area (Å²) in [6, 6.07) is 31.0. The molecule has 0 spiro atoms. The van der Waals surface area contributed by atoms with Crippen molar-refractivity contribution in [2.75, 3.05) is 51.7 Å². The molecule has 1 aliphatic heterocycles. The van der Waals surface area contributed by atoms with Crippen molar-refractivity contribution in [3.63, 3.8) is 0 Å². The van der Waals surface area contributed by atoms with Gasteiger partial charge in [-0.25, -0.2) is 0 Å². The third-order valence-corrected chi connectivity index (χ3v) is 7.45. The number of fused-ring (bicyclic) bond motifs is 1. The number of benzene rings is 3. The lowest BCUT2D eigenvalue weighted by Gasteiger charge is -2.40. The Balaban J connectivity index is 1.37. The van der Waals surface area contributed by atoms with Crippen LogP contribution < -0.4 is 4.90 Å². The Morgan fingerprint density at radius 3 is 2.00 bits per heavy atom. The summed E-state index contributed by atoms with van der Waals surface area (Å²) in [6.45, 7) is 4.70. The van der Waals surface area contributed by atoms with E-state index in [2.05, 4.69) is 63.3 Å². The summed E-state index contributed by atoms with van der Waals surface area (Å²) >= 11 is 0. The van der Waals surface area contributed by atoms with Crippen molar-refractivity contribution in [2.24, 2.45) is 0 Å². The summed E-state index contributed by atoms with van der Waals surface area (Å²) in [4.78, 5) is 25.1. The van der Waals surface area contributed by atoms with E-state index in [9.17, 15) is 4.79 Å². The van der Waals surface area contributed by atoms with Crippen LogP contribution in [0.3, 0.4) is 0 Å². The van der Waals surface area contributed by atoms with E-state index < -0.39 is 5.41 Å². The van der Waals surface area contributed by atoms with Crippen LogP contribution in [-0.2, 0) is 10.2 Å². The molecule has 4 aromatic rings. The zero-order valence-corrected chi connectivity index (χ0v) is 21.2. The van der Waals surface area contributed by atoms with Gasteiger partial charge in [-0.2, -0.15) is 0 Å². The number of hydrogen-bond donors (Lipinski definition) is 0. The van der Waals surface area contributed by atoms with Crippen LogP contribution in [0, 0.1) is 0 Å². The Labute approximate surface area is 214 Å². The number of piperazine rings is 1. The molecule has 0 radical (unpaired) electrons. The highest BCUT2D eigenvalue weighted by atomic mass is 16.2. The number of carbonyl (C=O) groups is 1. The lowest BCUT2D eigenvalue weighted by atomic mass is 9.70. The molecule has 5 nitrogen and oxygen atoms in total. The molecule has 0 unspecified atom stereocenters. The summed E-state index contributed by atoms with van der Waals surface area (Å²) in [5.74, 6) is 0.127. The second-order valence-electron chi connectivity index (χ2n) is 9.76. The van der Waals surface area contributed by atoms with Crippen LogP contribution in [0.25, 0.3) is 10.9 Å². The van der Waals surface area contributed by atoms with Gasteiger partial charge in [-0.15, -0.1) is 0 Å². The van der Waals surface area contributed by atoms with Crippen molar-refractivity contribution in [3.05, 3.63) is 108 Å². The predicted molar refractivity (Wildman–Crippen MR) is 147 cm³/mol. The molecule has 36 heavy (non-hydrogen) atoms. The number of aromatic nitrogens is 1. The van der Waals surface area contributed by atoms with E-state index >= 15 is 0 Å². The fraction of sp³-hybridized carbons (Fsp3) is 0.290. The maximum absolute atomic E-state index is 13.9. The van der Waals surface area contributed by atoms with E-state index in [0.717, 1.165) is 55.8 Å². The molecule has 1 aliphatic rings. The number of amides is 1. The first-order chi connectivity index (χ1) is 17.6. The molecule has 184 valence electrons. The first kappa shape index (κ1) is 24.0. The highest BCUT2D eigenvalue weighted by molar-refractivity contribution is 5.92. The average molecular weight is 479 g/mol. The van der Waals surface area contributed by atoms with Gasteiger partial charge < -0.3 is 9.80 Å². The zero-order valence-electron chi connectivity index (χ0n) is 21.2. The molecule has 5 heteroatoms. The summed E-state index contributed by atoms with van der Waals surface area (Å²) < 4.78 is 0. The van der Waals surface area contributed by atoms with Gasteiger partial charge in [0.25, 0.3) is 0 Å². The molecule has 0 saturated carbocycles. The van der Waals surface area contributed by atoms with Gasteiger partial charge in [0, 0.05) is 57.5 Å². The van der Waals surface area contributed by atoms with E-state index in [1.165, 1.54) is 11.1 Å². The van der Waals surface area contributed by atoms with Crippen LogP contribution in [0.1, 0.15) is 17.5 Å². The van der Waals surface area contributed by atoms with Gasteiger partial charge in [0.1, 0.15) is 5.41 Å². The molecule has 1 saturated heterocycles. The number of carbonyl (C=O) groups excluding carboxylic acids is 1. The summed E-state index contributed by atoms with van der Waals surface area (Å²) in [7, 11) is 3.72. The smallest absolute Gasteiger partial charge is 0.237 e. The number of pyridine rings is 1. The molecule has 0 bridgehead atoms. The second kappa shape index (κ2) is 10.5. The van der Waals surface area contributed by atoms with E-state index in [0.29, 0.717) is 0 Å². The van der Waals surface area contributed by atoms with E-state index in [1.54, 1.807) is 4.90 Å². The largest absolute Gasteiger partial charge is 0.368 e. The molecule has 5 rings (SSSR count). The Morgan fingerprint density at radius 2 is 1.39 bits per heavy atom. The molecule has 2 heterocycles. The molecular formula is C31H34N4O. The minimum atomic E-state index is -0.718. The van der Waals surface area contributed by atoms with Gasteiger partial charge in [0.2, 0.25) is 5.91 Å². The fourth-order valence-corrected chi connectivity index (χ4v) is 5.53. The fourth-order valence-electron chi connectivity index (χ4n) is 5.53. The Hall–Kier alpha value is -3.70. The summed E-state index contributed by atoms with van der Waals surface area (Å²) in [6.07, 6.45) is 2.64. The number of likely N-dealkylation sites (N-methyl/N-ethyl adjacent to an activating group) is 1. The SMILES string of the molecule is CN(C)C(=O)C(CCN1CCN(c2ccnc3ccccc23)CC1)(c1ccccc1)c1ccccc1. The lowest BCUT2D eigenvalue weighted by Crippen LogP contribution is -2.50. The number of anilines is 1. The molecule has 1 amide bonds. The van der Waals surface area contributed by atoms with Gasteiger partial charge in [0.15, 0.2) is 0 Å². The van der Waals surface area contributed by atoms with E-state index in [-0.39, 0.29) is 5.91 Å². The molecule has 3 aromatic carbocycles. The van der Waals surface area contributed by atoms with Crippen LogP contribution in [0.5, 0.6) is 0 Å². The van der Waals surface area contributed by atoms with Crippen LogP contribution in [0.4, 0.5) is 5.69 Å². The first-order valence-corrected chi connectivity index (χ1v) is 12.7. The van der Waals surface area contributed by atoms with Crippen LogP contribution in [-0.4, -0.2) is 67.5 Å². The highest BCUT2D eigenvalue weighted by Gasteiger charge is 2.43. The Morgan fingerprint density at radius 1 is 0.806 bits per heavy atom. The normalized spacial score (nSPS) is 14.7. The minimum absolute atomic E-state index is 0.127. The quantitative estimate of drug-likeness (QED) is 0.382. The molecule has 1 aromatic heterocycles. The molecular weight excluding hydrogens is 444 g/mol. The summed E-state index contributed by atoms with van der Waals surface area (Å²) in [5.41, 5.74) is 3.68. The van der Waals surface area contributed by atoms with Gasteiger partial charge in [-0.05, 0) is 36.2 Å². The maximum Gasteiger partial charge on any atom is 0.237 e. The van der Waals surface area contributed by atoms with Gasteiger partial charge in [-0.3, -0.25) is 14.7 Å². The van der Waals surface area contributed by atoms with Gasteiger partial charge in [-0.1, -0.05) is 78.9 Å². The van der Waals surface area contributed by atoms with Crippen molar-refractivity contribution in [1.82, 2.24) is 14.8 Å². The number of hydrogen-bond acceptors (Lipinski definition) is 4. The topological polar surface area (TPSA) is 39.7 Å². The van der Waals surface area contributed by atoms with Crippen molar-refractivity contribution < 1.29 is 4.79 Å². The Bertz CT molecular complexity index is 1250. The van der Waals surface area contributed by atoms with Crippen molar-refractivity contribution in [3.8, 4) is 0 Å². The van der Waals surface area contributed by atoms with Crippen molar-refractivity contribution in [1.29, 1.82) is 0 Å². The van der Waals surface area contributed by atoms with Crippen molar-refractivity contribution in [2.45, 2.75) is 11.8 Å². The van der Waals surface area contributed by atoms with Gasteiger partial charge >= 0.3 is 0 Å². The molecule has 1 fully saturated rings. The molecule has 0 atom stereocenters. The van der Waals surface area contributed by atoms with Crippen molar-refractivity contribution >= 4 is 22.5 Å². The van der Waals surface area contributed by atoms with Gasteiger partial charge in [0.05, 0.1) is 5.52 Å². The second-order valence-corrected chi connectivity index (χ2v) is 9.76. The Kier molecular flexibility index (Phi) is 7.01. The van der Waals surface area contributed by atoms with E-state index in [4.69, 9.17) is 0 Å². The zero-order chi connectivity index (χ0) is 25.0. The monoisotopic (exact) mass is 478 g/mol. The van der Waals surface area contributed by atoms with Crippen LogP contribution >= 0.6 is 0 Å². The first-order valence-electron chi connectivity index (χ1n) is 12.7. The standard InChI is InChI=1S/C31H34N4O/c1-33(2)30(36)31(25-11-5-3-6-12-25,26-13-7-4-8-14-26)18-20-34-21-23-35(24-22-34)29-17-19-32-28-16-10-9-15-27(28)29/h3-17,19H,18,20-24H2,1-2H3. The predicted octanol–water partition coefficient (Wildman–Crippen LogP) is 4.82. The average Bonchev–Trinajstić information content (AvgIpc) is 2.94.